The van der Waals surface area contributed by atoms with Crippen LogP contribution in [0.2, 0.25) is 0 Å². The van der Waals surface area contributed by atoms with Crippen molar-refractivity contribution in [1.29, 1.82) is 0 Å². The summed E-state index contributed by atoms with van der Waals surface area (Å²) in [4.78, 5) is 10.2. The van der Waals surface area contributed by atoms with Crippen molar-refractivity contribution in [2.45, 2.75) is 20.3 Å². The zero-order valence-corrected chi connectivity index (χ0v) is 9.87. The Morgan fingerprint density at radius 1 is 1.53 bits per heavy atom. The van der Waals surface area contributed by atoms with Crippen LogP contribution in [-0.2, 0) is 0 Å². The van der Waals surface area contributed by atoms with Crippen molar-refractivity contribution in [3.63, 3.8) is 0 Å². The van der Waals surface area contributed by atoms with E-state index in [1.165, 1.54) is 6.07 Å². The zero-order chi connectivity index (χ0) is 12.8. The fraction of sp³-hybridized carbons (Fsp3) is 0.333. The van der Waals surface area contributed by atoms with Crippen LogP contribution in [-0.4, -0.2) is 11.5 Å². The van der Waals surface area contributed by atoms with E-state index in [0.29, 0.717) is 17.8 Å². The smallest absolute Gasteiger partial charge is 0.295 e. The predicted octanol–water partition coefficient (Wildman–Crippen LogP) is 3.42. The van der Waals surface area contributed by atoms with E-state index in [-0.39, 0.29) is 5.69 Å². The maximum Gasteiger partial charge on any atom is 0.295 e. The molecule has 92 valence electrons. The van der Waals surface area contributed by atoms with Gasteiger partial charge in [0.1, 0.15) is 11.5 Å². The van der Waals surface area contributed by atoms with Gasteiger partial charge in [-0.15, -0.1) is 0 Å². The molecule has 0 saturated carbocycles. The molecule has 0 bridgehead atoms. The van der Waals surface area contributed by atoms with Crippen LogP contribution in [0.4, 0.5) is 15.8 Å². The first-order chi connectivity index (χ1) is 8.06. The van der Waals surface area contributed by atoms with E-state index in [1.807, 2.05) is 19.1 Å². The molecular formula is C12H15FN2O2. The van der Waals surface area contributed by atoms with Crippen molar-refractivity contribution < 1.29 is 9.31 Å². The van der Waals surface area contributed by atoms with Gasteiger partial charge >= 0.3 is 0 Å². The molecule has 0 aliphatic heterocycles. The first kappa shape index (κ1) is 13.2. The van der Waals surface area contributed by atoms with Crippen LogP contribution in [0.1, 0.15) is 18.9 Å². The van der Waals surface area contributed by atoms with Gasteiger partial charge in [0.15, 0.2) is 0 Å². The molecule has 1 N–H and O–H groups in total. The number of anilines is 1. The fourth-order valence-corrected chi connectivity index (χ4v) is 1.42. The summed E-state index contributed by atoms with van der Waals surface area (Å²) in [5.41, 5.74) is 0.524. The maximum atomic E-state index is 13.2. The Morgan fingerprint density at radius 3 is 2.82 bits per heavy atom. The molecule has 0 spiro atoms. The number of nitrogens with one attached hydrogen (secondary N) is 1. The van der Waals surface area contributed by atoms with Crippen LogP contribution >= 0.6 is 0 Å². The summed E-state index contributed by atoms with van der Waals surface area (Å²) < 4.78 is 13.2. The standard InChI is InChI=1S/C12H15FN2O2/c1-3-4-5-6-14-11-7-9(2)10(13)8-12(11)15(16)17/h3-4,7-8,14H,5-6H2,1-2H3/b4-3+. The van der Waals surface area contributed by atoms with Gasteiger partial charge < -0.3 is 5.32 Å². The molecular weight excluding hydrogens is 223 g/mol. The SMILES string of the molecule is C/C=C/CCNc1cc(C)c(F)cc1[N+](=O)[O-]. The number of allylic oxidation sites excluding steroid dienone is 1. The summed E-state index contributed by atoms with van der Waals surface area (Å²) in [6, 6.07) is 2.41. The van der Waals surface area contributed by atoms with Crippen LogP contribution in [0.25, 0.3) is 0 Å². The number of nitrogens with zero attached hydrogens (tertiary/aromatic N) is 1. The second kappa shape index (κ2) is 5.98. The molecule has 0 atom stereocenters. The third kappa shape index (κ3) is 3.55. The monoisotopic (exact) mass is 238 g/mol. The Hall–Kier alpha value is -1.91. The van der Waals surface area contributed by atoms with Gasteiger partial charge in [0, 0.05) is 6.54 Å². The van der Waals surface area contributed by atoms with E-state index in [0.717, 1.165) is 12.5 Å². The van der Waals surface area contributed by atoms with E-state index < -0.39 is 10.7 Å². The van der Waals surface area contributed by atoms with E-state index in [2.05, 4.69) is 5.32 Å². The first-order valence-electron chi connectivity index (χ1n) is 5.35. The van der Waals surface area contributed by atoms with Crippen molar-refractivity contribution in [3.8, 4) is 0 Å². The molecule has 17 heavy (non-hydrogen) atoms. The summed E-state index contributed by atoms with van der Waals surface area (Å²) in [6.45, 7) is 4.07. The summed E-state index contributed by atoms with van der Waals surface area (Å²) in [5.74, 6) is -0.560. The highest BCUT2D eigenvalue weighted by Gasteiger charge is 2.16. The number of hydrogen-bond acceptors (Lipinski definition) is 3. The zero-order valence-electron chi connectivity index (χ0n) is 9.87. The number of rotatable bonds is 5. The Balaban J connectivity index is 2.88. The predicted molar refractivity (Wildman–Crippen MR) is 65.7 cm³/mol. The van der Waals surface area contributed by atoms with Crippen LogP contribution in [0.15, 0.2) is 24.3 Å². The molecule has 0 saturated heterocycles. The average Bonchev–Trinajstić information content (AvgIpc) is 2.28. The largest absolute Gasteiger partial charge is 0.379 e. The lowest BCUT2D eigenvalue weighted by Crippen LogP contribution is -2.04. The van der Waals surface area contributed by atoms with Gasteiger partial charge in [-0.3, -0.25) is 10.1 Å². The van der Waals surface area contributed by atoms with Gasteiger partial charge in [-0.2, -0.15) is 0 Å². The number of nitro benzene ring substituents is 1. The van der Waals surface area contributed by atoms with E-state index >= 15 is 0 Å². The maximum absolute atomic E-state index is 13.2. The molecule has 0 radical (unpaired) electrons. The van der Waals surface area contributed by atoms with Gasteiger partial charge in [-0.1, -0.05) is 12.2 Å². The van der Waals surface area contributed by atoms with Gasteiger partial charge in [0.05, 0.1) is 11.0 Å². The van der Waals surface area contributed by atoms with Gasteiger partial charge in [0.2, 0.25) is 0 Å². The van der Waals surface area contributed by atoms with Crippen molar-refractivity contribution in [2.24, 2.45) is 0 Å². The number of aryl methyl sites for hydroxylation is 1. The highest BCUT2D eigenvalue weighted by molar-refractivity contribution is 5.63. The van der Waals surface area contributed by atoms with Crippen molar-refractivity contribution >= 4 is 11.4 Å². The van der Waals surface area contributed by atoms with Gasteiger partial charge in [-0.05, 0) is 31.9 Å². The molecule has 0 amide bonds. The summed E-state index contributed by atoms with van der Waals surface area (Å²) in [5, 5.41) is 13.7. The minimum Gasteiger partial charge on any atom is -0.379 e. The molecule has 1 rings (SSSR count). The second-order valence-corrected chi connectivity index (χ2v) is 3.66. The Labute approximate surface area is 99.3 Å². The molecule has 0 heterocycles. The lowest BCUT2D eigenvalue weighted by Gasteiger charge is -2.07. The van der Waals surface area contributed by atoms with Crippen molar-refractivity contribution in [3.05, 3.63) is 45.8 Å². The van der Waals surface area contributed by atoms with E-state index in [9.17, 15) is 14.5 Å². The summed E-state index contributed by atoms with van der Waals surface area (Å²) in [6.07, 6.45) is 4.63. The first-order valence-corrected chi connectivity index (χ1v) is 5.35. The van der Waals surface area contributed by atoms with Gasteiger partial charge in [-0.25, -0.2) is 4.39 Å². The molecule has 4 nitrogen and oxygen atoms in total. The van der Waals surface area contributed by atoms with Crippen LogP contribution in [0.5, 0.6) is 0 Å². The second-order valence-electron chi connectivity index (χ2n) is 3.66. The summed E-state index contributed by atoms with van der Waals surface area (Å²) in [7, 11) is 0. The minimum atomic E-state index is -0.583. The molecule has 0 aliphatic carbocycles. The van der Waals surface area contributed by atoms with Crippen LogP contribution in [0, 0.1) is 22.9 Å². The molecule has 0 aromatic heterocycles. The highest BCUT2D eigenvalue weighted by atomic mass is 19.1. The van der Waals surface area contributed by atoms with E-state index in [4.69, 9.17) is 0 Å². The molecule has 0 fully saturated rings. The minimum absolute atomic E-state index is 0.228. The Bertz CT molecular complexity index is 444. The summed E-state index contributed by atoms with van der Waals surface area (Å²) >= 11 is 0. The number of benzene rings is 1. The lowest BCUT2D eigenvalue weighted by molar-refractivity contribution is -0.384. The third-order valence-corrected chi connectivity index (χ3v) is 2.34. The average molecular weight is 238 g/mol. The van der Waals surface area contributed by atoms with Gasteiger partial charge in [0.25, 0.3) is 5.69 Å². The normalized spacial score (nSPS) is 10.8. The van der Waals surface area contributed by atoms with E-state index in [1.54, 1.807) is 6.92 Å². The third-order valence-electron chi connectivity index (χ3n) is 2.34. The molecule has 1 aromatic rings. The number of halogens is 1. The quantitative estimate of drug-likeness (QED) is 0.370. The highest BCUT2D eigenvalue weighted by Crippen LogP contribution is 2.27. The fourth-order valence-electron chi connectivity index (χ4n) is 1.42. The van der Waals surface area contributed by atoms with Crippen molar-refractivity contribution in [1.82, 2.24) is 0 Å². The topological polar surface area (TPSA) is 55.2 Å². The van der Waals surface area contributed by atoms with Crippen molar-refractivity contribution in [2.75, 3.05) is 11.9 Å². The molecule has 0 aliphatic rings. The molecule has 5 heteroatoms. The number of nitro groups is 1. The molecule has 0 unspecified atom stereocenters. The Kier molecular flexibility index (Phi) is 4.63. The lowest BCUT2D eigenvalue weighted by atomic mass is 10.1. The molecule has 1 aromatic carbocycles. The Morgan fingerprint density at radius 2 is 2.24 bits per heavy atom. The number of hydrogen-bond donors (Lipinski definition) is 1. The van der Waals surface area contributed by atoms with Crippen LogP contribution in [0.3, 0.4) is 0 Å². The van der Waals surface area contributed by atoms with Crippen LogP contribution < -0.4 is 5.32 Å².